The SMILES string of the molecule is COC(=O)OC1C=CCCC1.C[N@+](NC(=O)c1c(P(c2ccccc2)c2ccccc2)ccc2ccccc12)(C(=O)c1c(P(c2ccccc2)c2ccccc2)ccc2ccccc12)C1CCCCC1.O[C@@H]1C=CCCC1. The van der Waals surface area contributed by atoms with Crippen molar-refractivity contribution >= 4 is 87.2 Å². The van der Waals surface area contributed by atoms with E-state index < -0.39 is 22.0 Å². The average molecular weight is 1060 g/mol. The first-order valence-electron chi connectivity index (χ1n) is 27.1. The molecule has 0 aromatic heterocycles. The summed E-state index contributed by atoms with van der Waals surface area (Å²) in [6.45, 7) is 0. The van der Waals surface area contributed by atoms with E-state index in [1.807, 2.05) is 79.9 Å². The van der Waals surface area contributed by atoms with Gasteiger partial charge in [0.2, 0.25) is 0 Å². The minimum absolute atomic E-state index is 0.0730. The largest absolute Gasteiger partial charge is 0.508 e. The van der Waals surface area contributed by atoms with Crippen LogP contribution >= 0.6 is 15.8 Å². The first-order chi connectivity index (χ1) is 37.7. The Morgan fingerprint density at radius 2 is 0.948 bits per heavy atom. The smallest absolute Gasteiger partial charge is 0.438 e. The fraction of sp³-hybridized carbons (Fsp3) is 0.239. The van der Waals surface area contributed by atoms with Gasteiger partial charge in [0.1, 0.15) is 12.1 Å². The molecule has 8 nitrogen and oxygen atoms in total. The lowest BCUT2D eigenvalue weighted by molar-refractivity contribution is -0.891. The summed E-state index contributed by atoms with van der Waals surface area (Å²) >= 11 is 0. The van der Waals surface area contributed by atoms with Crippen LogP contribution in [-0.2, 0) is 9.47 Å². The van der Waals surface area contributed by atoms with Crippen molar-refractivity contribution in [3.63, 3.8) is 0 Å². The number of hydrogen-bond acceptors (Lipinski definition) is 6. The number of carbonyl (C=O) groups excluding carboxylic acids is 3. The predicted octanol–water partition coefficient (Wildman–Crippen LogP) is 12.7. The van der Waals surface area contributed by atoms with Crippen molar-refractivity contribution in [3.05, 3.63) is 230 Å². The molecule has 0 heterocycles. The fourth-order valence-electron chi connectivity index (χ4n) is 10.8. The van der Waals surface area contributed by atoms with Crippen molar-refractivity contribution in [3.8, 4) is 0 Å². The van der Waals surface area contributed by atoms with E-state index in [1.54, 1.807) is 0 Å². The fourth-order valence-corrected chi connectivity index (χ4v) is 15.7. The van der Waals surface area contributed by atoms with E-state index in [0.717, 1.165) is 113 Å². The molecule has 10 heteroatoms. The first-order valence-corrected chi connectivity index (χ1v) is 29.8. The van der Waals surface area contributed by atoms with Gasteiger partial charge < -0.3 is 14.6 Å². The second kappa shape index (κ2) is 26.8. The number of aliphatic hydroxyl groups is 1. The molecule has 1 fully saturated rings. The lowest BCUT2D eigenvalue weighted by atomic mass is 9.92. The number of benzene rings is 8. The van der Waals surface area contributed by atoms with Crippen LogP contribution in [0.3, 0.4) is 0 Å². The number of ether oxygens (including phenoxy) is 2. The Kier molecular flexibility index (Phi) is 19.1. The summed E-state index contributed by atoms with van der Waals surface area (Å²) in [7, 11) is 1.03. The molecule has 1 saturated carbocycles. The summed E-state index contributed by atoms with van der Waals surface area (Å²) in [5, 5.41) is 19.2. The molecule has 0 aliphatic heterocycles. The van der Waals surface area contributed by atoms with Crippen LogP contribution in [0, 0.1) is 0 Å². The van der Waals surface area contributed by atoms with Crippen LogP contribution in [-0.4, -0.2) is 60.1 Å². The van der Waals surface area contributed by atoms with Gasteiger partial charge in [0, 0.05) is 18.1 Å². The maximum Gasteiger partial charge on any atom is 0.508 e. The molecule has 2 amide bonds. The molecule has 0 radical (unpaired) electrons. The highest BCUT2D eigenvalue weighted by molar-refractivity contribution is 7.80. The standard InChI is InChI=1S/C53H46N2O2P2.C8H12O3.C6H10O/c1-55(41-23-7-2-8-24-41,53(57)51-47-34-20-18-22-40(47)36-38-49(51)59(44-29-13-5-14-30-44)45-31-15-6-16-32-45)54-52(56)50-46-33-19-17-21-39(46)35-37-48(50)58(42-25-9-3-10-26-42)43-27-11-4-12-28-43;1-10-8(9)11-7-5-3-2-4-6-7;7-6-4-2-1-3-5-6/h3-6,9-22,25-38,41H,2,7-8,23-24H2,1H3;3,5,7H,2,4,6H2,1H3;2,4,6-7H,1,3,5H2/p+1/t55-;;6-/m1.1/s1. The van der Waals surface area contributed by atoms with E-state index >= 15 is 9.59 Å². The van der Waals surface area contributed by atoms with Crippen LogP contribution < -0.4 is 37.3 Å². The van der Waals surface area contributed by atoms with Crippen LogP contribution in [0.4, 0.5) is 4.79 Å². The van der Waals surface area contributed by atoms with Crippen LogP contribution in [0.5, 0.6) is 0 Å². The third-order valence-electron chi connectivity index (χ3n) is 14.7. The first kappa shape index (κ1) is 54.7. The Balaban J connectivity index is 0.000000339. The zero-order valence-electron chi connectivity index (χ0n) is 44.1. The molecule has 392 valence electrons. The Morgan fingerprint density at radius 3 is 1.38 bits per heavy atom. The number of quaternary nitrogens is 1. The van der Waals surface area contributed by atoms with E-state index in [1.165, 1.54) is 17.7 Å². The molecule has 1 unspecified atom stereocenters. The van der Waals surface area contributed by atoms with Gasteiger partial charge >= 0.3 is 12.1 Å². The van der Waals surface area contributed by atoms with Gasteiger partial charge in [0.25, 0.3) is 5.91 Å². The monoisotopic (exact) mass is 1060 g/mol. The summed E-state index contributed by atoms with van der Waals surface area (Å²) in [5.74, 6) is -0.306. The van der Waals surface area contributed by atoms with E-state index in [9.17, 15) is 4.79 Å². The van der Waals surface area contributed by atoms with E-state index in [2.05, 4.69) is 156 Å². The van der Waals surface area contributed by atoms with Gasteiger partial charge in [-0.15, -0.1) is 0 Å². The molecule has 0 bridgehead atoms. The van der Waals surface area contributed by atoms with E-state index in [-0.39, 0.29) is 34.7 Å². The maximum absolute atomic E-state index is 16.2. The van der Waals surface area contributed by atoms with Crippen molar-refractivity contribution in [2.24, 2.45) is 0 Å². The number of aliphatic hydroxyl groups excluding tert-OH is 1. The number of amides is 2. The molecule has 3 aliphatic rings. The molecule has 8 aromatic rings. The number of nitrogens with zero attached hydrogens (tertiary/aromatic N) is 1. The third kappa shape index (κ3) is 13.4. The van der Waals surface area contributed by atoms with Gasteiger partial charge in [-0.25, -0.2) is 9.59 Å². The van der Waals surface area contributed by atoms with Crippen LogP contribution in [0.25, 0.3) is 21.5 Å². The normalized spacial score (nSPS) is 17.1. The van der Waals surface area contributed by atoms with E-state index in [0.29, 0.717) is 11.1 Å². The van der Waals surface area contributed by atoms with Crippen LogP contribution in [0.2, 0.25) is 0 Å². The van der Waals surface area contributed by atoms with Gasteiger partial charge in [-0.1, -0.05) is 219 Å². The van der Waals surface area contributed by atoms with Gasteiger partial charge in [0.05, 0.1) is 31.4 Å². The highest BCUT2D eigenvalue weighted by Crippen LogP contribution is 2.40. The number of hydrogen-bond donors (Lipinski definition) is 2. The quantitative estimate of drug-likeness (QED) is 0.0465. The van der Waals surface area contributed by atoms with Crippen LogP contribution in [0.1, 0.15) is 91.3 Å². The Hall–Kier alpha value is -7.05. The van der Waals surface area contributed by atoms with Crippen molar-refractivity contribution in [2.75, 3.05) is 14.2 Å². The Labute approximate surface area is 456 Å². The minimum atomic E-state index is -1.13. The predicted molar refractivity (Wildman–Crippen MR) is 319 cm³/mol. The van der Waals surface area contributed by atoms with Crippen LogP contribution in [0.15, 0.2) is 218 Å². The number of methoxy groups -OCH3 is 1. The molecule has 3 atom stereocenters. The summed E-state index contributed by atoms with van der Waals surface area (Å²) in [6, 6.07) is 67.1. The maximum atomic E-state index is 16.2. The molecular formula is C67H69N2O6P2+. The molecule has 11 rings (SSSR count). The molecule has 0 saturated heterocycles. The topological polar surface area (TPSA) is 102 Å². The second-order valence-corrected chi connectivity index (χ2v) is 24.3. The molecule has 3 aliphatic carbocycles. The van der Waals surface area contributed by atoms with Gasteiger partial charge in [-0.3, -0.25) is 4.79 Å². The third-order valence-corrected chi connectivity index (χ3v) is 19.7. The number of allylic oxidation sites excluding steroid dienone is 2. The molecule has 2 N–H and O–H groups in total. The van der Waals surface area contributed by atoms with Gasteiger partial charge in [-0.05, 0) is 121 Å². The highest BCUT2D eigenvalue weighted by Gasteiger charge is 2.46. The van der Waals surface area contributed by atoms with Gasteiger partial charge in [-0.2, -0.15) is 10.0 Å². The highest BCUT2D eigenvalue weighted by atomic mass is 31.1. The number of fused-ring (bicyclic) bond motifs is 2. The number of nitrogens with one attached hydrogen (secondary N) is 1. The Morgan fingerprint density at radius 1 is 0.506 bits per heavy atom. The van der Waals surface area contributed by atoms with Crippen molar-refractivity contribution < 1.29 is 33.6 Å². The van der Waals surface area contributed by atoms with Crippen molar-refractivity contribution in [1.29, 1.82) is 0 Å². The zero-order valence-corrected chi connectivity index (χ0v) is 45.9. The van der Waals surface area contributed by atoms with Crippen molar-refractivity contribution in [2.45, 2.75) is 88.9 Å². The minimum Gasteiger partial charge on any atom is -0.438 e. The summed E-state index contributed by atoms with van der Waals surface area (Å²) in [6.07, 6.45) is 18.2. The zero-order chi connectivity index (χ0) is 53.4. The second-order valence-electron chi connectivity index (χ2n) is 19.9. The summed E-state index contributed by atoms with van der Waals surface area (Å²) < 4.78 is 9.03. The Bertz CT molecular complexity index is 3210. The summed E-state index contributed by atoms with van der Waals surface area (Å²) in [4.78, 5) is 42.5. The van der Waals surface area contributed by atoms with Crippen molar-refractivity contribution in [1.82, 2.24) is 5.43 Å². The molecule has 0 spiro atoms. The average Bonchev–Trinajstić information content (AvgIpc) is 3.59. The molecule has 8 aromatic carbocycles. The van der Waals surface area contributed by atoms with E-state index in [4.69, 9.17) is 9.84 Å². The number of carbonyl (C=O) groups is 3. The molecule has 77 heavy (non-hydrogen) atoms. The lowest BCUT2D eigenvalue weighted by Crippen LogP contribution is -2.67. The summed E-state index contributed by atoms with van der Waals surface area (Å²) in [5.41, 5.74) is 4.86. The molecular weight excluding hydrogens is 991 g/mol. The number of rotatable bonds is 10. The van der Waals surface area contributed by atoms with Gasteiger partial charge in [0.15, 0.2) is 0 Å². The lowest BCUT2D eigenvalue weighted by Gasteiger charge is -2.40.